The zero-order valence-corrected chi connectivity index (χ0v) is 13.1. The summed E-state index contributed by atoms with van der Waals surface area (Å²) in [6.07, 6.45) is 3.82. The van der Waals surface area contributed by atoms with Gasteiger partial charge in [0.15, 0.2) is 0 Å². The van der Waals surface area contributed by atoms with Gasteiger partial charge in [0, 0.05) is 36.9 Å². The molecule has 0 unspecified atom stereocenters. The van der Waals surface area contributed by atoms with E-state index in [1.807, 2.05) is 11.8 Å². The van der Waals surface area contributed by atoms with E-state index in [1.54, 1.807) is 6.33 Å². The van der Waals surface area contributed by atoms with Gasteiger partial charge in [-0.05, 0) is 6.26 Å². The second-order valence-electron chi connectivity index (χ2n) is 6.13. The third kappa shape index (κ3) is 4.08. The average Bonchev–Trinajstić information content (AvgIpc) is 2.31. The highest BCUT2D eigenvalue weighted by Crippen LogP contribution is 2.22. The van der Waals surface area contributed by atoms with E-state index in [9.17, 15) is 0 Å². The Morgan fingerprint density at radius 3 is 2.74 bits per heavy atom. The summed E-state index contributed by atoms with van der Waals surface area (Å²) in [6, 6.07) is 2.61. The Morgan fingerprint density at radius 1 is 1.37 bits per heavy atom. The van der Waals surface area contributed by atoms with Crippen LogP contribution in [0.1, 0.15) is 26.5 Å². The molecule has 5 heteroatoms. The summed E-state index contributed by atoms with van der Waals surface area (Å²) in [6.45, 7) is 9.95. The second-order valence-corrected chi connectivity index (χ2v) is 7.12. The lowest BCUT2D eigenvalue weighted by Crippen LogP contribution is -2.55. The highest BCUT2D eigenvalue weighted by molar-refractivity contribution is 7.98. The summed E-state index contributed by atoms with van der Waals surface area (Å²) in [7, 11) is 0. The van der Waals surface area contributed by atoms with E-state index in [4.69, 9.17) is 0 Å². The Balaban J connectivity index is 1.85. The third-order valence-electron chi connectivity index (χ3n) is 3.36. The fraction of sp³-hybridized carbons (Fsp3) is 0.714. The van der Waals surface area contributed by atoms with E-state index in [-0.39, 0.29) is 5.41 Å². The molecular weight excluding hydrogens is 256 g/mol. The molecule has 1 fully saturated rings. The van der Waals surface area contributed by atoms with Crippen molar-refractivity contribution in [3.63, 3.8) is 0 Å². The third-order valence-corrected chi connectivity index (χ3v) is 3.95. The van der Waals surface area contributed by atoms with Crippen molar-refractivity contribution in [2.45, 2.75) is 32.2 Å². The highest BCUT2D eigenvalue weighted by atomic mass is 32.2. The first-order chi connectivity index (χ1) is 8.99. The number of rotatable bonds is 5. The lowest BCUT2D eigenvalue weighted by Gasteiger charge is -2.39. The van der Waals surface area contributed by atoms with Gasteiger partial charge in [0.1, 0.15) is 12.1 Å². The van der Waals surface area contributed by atoms with Crippen LogP contribution >= 0.6 is 11.8 Å². The molecule has 0 spiro atoms. The van der Waals surface area contributed by atoms with Crippen molar-refractivity contribution < 1.29 is 0 Å². The molecule has 1 aliphatic heterocycles. The topological polar surface area (TPSA) is 41.0 Å². The summed E-state index contributed by atoms with van der Waals surface area (Å²) < 4.78 is 0. The molecule has 1 N–H and O–H groups in total. The van der Waals surface area contributed by atoms with Gasteiger partial charge in [0.25, 0.3) is 0 Å². The smallest absolute Gasteiger partial charge is 0.129 e. The maximum atomic E-state index is 4.35. The van der Waals surface area contributed by atoms with E-state index < -0.39 is 0 Å². The standard InChI is InChI=1S/C14H24N4S/c1-14(2,3)12-7-13(16-10-15-12)17-11-8-18(9-11)5-6-19-4/h7,10-11H,5-6,8-9H2,1-4H3,(H,15,16,17). The summed E-state index contributed by atoms with van der Waals surface area (Å²) in [5.41, 5.74) is 1.16. The van der Waals surface area contributed by atoms with Gasteiger partial charge in [-0.25, -0.2) is 9.97 Å². The zero-order chi connectivity index (χ0) is 13.9. The van der Waals surface area contributed by atoms with Crippen LogP contribution in [0.2, 0.25) is 0 Å². The van der Waals surface area contributed by atoms with Crippen LogP contribution in [0.15, 0.2) is 12.4 Å². The molecular formula is C14H24N4S. The number of aromatic nitrogens is 2. The van der Waals surface area contributed by atoms with Gasteiger partial charge in [-0.15, -0.1) is 0 Å². The van der Waals surface area contributed by atoms with Crippen LogP contribution in [0.4, 0.5) is 5.82 Å². The molecule has 106 valence electrons. The Hall–Kier alpha value is -0.810. The van der Waals surface area contributed by atoms with Crippen LogP contribution < -0.4 is 5.32 Å². The van der Waals surface area contributed by atoms with Gasteiger partial charge < -0.3 is 5.32 Å². The molecule has 1 aliphatic rings. The molecule has 1 aromatic rings. The summed E-state index contributed by atoms with van der Waals surface area (Å²) in [5, 5.41) is 3.50. The SMILES string of the molecule is CSCCN1CC(Nc2cc(C(C)(C)C)ncn2)C1. The first kappa shape index (κ1) is 14.6. The summed E-state index contributed by atoms with van der Waals surface area (Å²) in [5.74, 6) is 2.17. The van der Waals surface area contributed by atoms with Crippen molar-refractivity contribution in [1.29, 1.82) is 0 Å². The van der Waals surface area contributed by atoms with Crippen molar-refractivity contribution in [2.24, 2.45) is 0 Å². The fourth-order valence-electron chi connectivity index (χ4n) is 2.12. The van der Waals surface area contributed by atoms with Crippen LogP contribution in [-0.2, 0) is 5.41 Å². The lowest BCUT2D eigenvalue weighted by molar-refractivity contribution is 0.173. The van der Waals surface area contributed by atoms with E-state index in [1.165, 1.54) is 12.3 Å². The van der Waals surface area contributed by atoms with Gasteiger partial charge in [0.2, 0.25) is 0 Å². The Kier molecular flexibility index (Phi) is 4.68. The molecule has 0 bridgehead atoms. The first-order valence-corrected chi connectivity index (χ1v) is 8.19. The fourth-order valence-corrected chi connectivity index (χ4v) is 2.56. The van der Waals surface area contributed by atoms with Crippen molar-refractivity contribution in [1.82, 2.24) is 14.9 Å². The van der Waals surface area contributed by atoms with Crippen LogP contribution in [0.3, 0.4) is 0 Å². The van der Waals surface area contributed by atoms with Crippen LogP contribution in [-0.4, -0.2) is 52.6 Å². The van der Waals surface area contributed by atoms with Crippen molar-refractivity contribution in [3.8, 4) is 0 Å². The maximum absolute atomic E-state index is 4.35. The lowest BCUT2D eigenvalue weighted by atomic mass is 9.92. The summed E-state index contributed by atoms with van der Waals surface area (Å²) in [4.78, 5) is 11.1. The van der Waals surface area contributed by atoms with Crippen molar-refractivity contribution in [2.75, 3.05) is 37.0 Å². The predicted molar refractivity (Wildman–Crippen MR) is 83.0 cm³/mol. The number of nitrogens with one attached hydrogen (secondary N) is 1. The molecule has 2 rings (SSSR count). The van der Waals surface area contributed by atoms with Crippen LogP contribution in [0, 0.1) is 0 Å². The zero-order valence-electron chi connectivity index (χ0n) is 12.3. The molecule has 2 heterocycles. The molecule has 0 saturated carbocycles. The largest absolute Gasteiger partial charge is 0.365 e. The summed E-state index contributed by atoms with van der Waals surface area (Å²) >= 11 is 1.91. The second kappa shape index (κ2) is 6.09. The van der Waals surface area contributed by atoms with E-state index in [2.05, 4.69) is 53.3 Å². The Bertz CT molecular complexity index is 410. The van der Waals surface area contributed by atoms with Gasteiger partial charge in [-0.1, -0.05) is 20.8 Å². The minimum atomic E-state index is 0.0728. The number of hydrogen-bond acceptors (Lipinski definition) is 5. The molecule has 4 nitrogen and oxygen atoms in total. The Morgan fingerprint density at radius 2 is 2.11 bits per heavy atom. The molecule has 1 aromatic heterocycles. The molecule has 1 saturated heterocycles. The number of nitrogens with zero attached hydrogens (tertiary/aromatic N) is 3. The number of thioether (sulfide) groups is 1. The highest BCUT2D eigenvalue weighted by Gasteiger charge is 2.26. The average molecular weight is 280 g/mol. The van der Waals surface area contributed by atoms with Gasteiger partial charge >= 0.3 is 0 Å². The predicted octanol–water partition coefficient (Wildman–Crippen LogP) is 2.23. The van der Waals surface area contributed by atoms with Gasteiger partial charge in [-0.3, -0.25) is 4.90 Å². The number of anilines is 1. The van der Waals surface area contributed by atoms with E-state index in [0.29, 0.717) is 6.04 Å². The number of likely N-dealkylation sites (tertiary alicyclic amines) is 1. The first-order valence-electron chi connectivity index (χ1n) is 6.79. The van der Waals surface area contributed by atoms with Crippen LogP contribution in [0.5, 0.6) is 0 Å². The van der Waals surface area contributed by atoms with E-state index in [0.717, 1.165) is 24.6 Å². The minimum Gasteiger partial charge on any atom is -0.365 e. The molecule has 0 aromatic carbocycles. The van der Waals surface area contributed by atoms with Crippen molar-refractivity contribution in [3.05, 3.63) is 18.1 Å². The maximum Gasteiger partial charge on any atom is 0.129 e. The molecule has 0 aliphatic carbocycles. The number of hydrogen-bond donors (Lipinski definition) is 1. The molecule has 0 atom stereocenters. The van der Waals surface area contributed by atoms with Gasteiger partial charge in [0.05, 0.1) is 11.7 Å². The molecule has 19 heavy (non-hydrogen) atoms. The minimum absolute atomic E-state index is 0.0728. The normalized spacial score (nSPS) is 17.3. The quantitative estimate of drug-likeness (QED) is 0.896. The molecule has 0 radical (unpaired) electrons. The van der Waals surface area contributed by atoms with Gasteiger partial charge in [-0.2, -0.15) is 11.8 Å². The Labute approximate surface area is 120 Å². The monoisotopic (exact) mass is 280 g/mol. The van der Waals surface area contributed by atoms with E-state index >= 15 is 0 Å². The van der Waals surface area contributed by atoms with Crippen LogP contribution in [0.25, 0.3) is 0 Å². The van der Waals surface area contributed by atoms with Crippen molar-refractivity contribution >= 4 is 17.6 Å². The molecule has 0 amide bonds.